The Morgan fingerprint density at radius 1 is 0.958 bits per heavy atom. The molecule has 2 aromatic rings. The van der Waals surface area contributed by atoms with Gasteiger partial charge in [0.1, 0.15) is 0 Å². The van der Waals surface area contributed by atoms with Crippen molar-refractivity contribution in [2.45, 2.75) is 51.0 Å². The molecule has 3 rings (SSSR count). The number of nitrogens with one attached hydrogen (secondary N) is 1. The molecule has 2 heterocycles. The van der Waals surface area contributed by atoms with Gasteiger partial charge in [-0.1, -0.05) is 43.2 Å². The molecule has 1 saturated heterocycles. The molecule has 4 nitrogen and oxygen atoms in total. The van der Waals surface area contributed by atoms with E-state index in [1.54, 1.807) is 10.8 Å². The maximum Gasteiger partial charge on any atom is 0.325 e. The lowest BCUT2D eigenvalue weighted by atomic mass is 9.89. The number of aromatic amines is 1. The fourth-order valence-electron chi connectivity index (χ4n) is 3.71. The standard InChI is InChI=1S/C20H29N3O/c24-20-21-12-17-23(20)14-7-2-1-6-13-22-15-10-19(11-16-22)18-8-4-3-5-9-18/h3-5,8-9,12,17,19H,1-2,6-7,10-11,13-16H2,(H,21,24). The zero-order valence-electron chi connectivity index (χ0n) is 14.5. The molecule has 0 saturated carbocycles. The number of piperidine rings is 1. The molecule has 1 fully saturated rings. The molecule has 0 radical (unpaired) electrons. The van der Waals surface area contributed by atoms with Gasteiger partial charge in [0.15, 0.2) is 0 Å². The molecule has 24 heavy (non-hydrogen) atoms. The van der Waals surface area contributed by atoms with E-state index in [9.17, 15) is 4.79 Å². The van der Waals surface area contributed by atoms with Crippen LogP contribution in [-0.2, 0) is 6.54 Å². The molecule has 0 bridgehead atoms. The minimum absolute atomic E-state index is 0.0105. The van der Waals surface area contributed by atoms with Crippen LogP contribution in [0.1, 0.15) is 50.0 Å². The number of nitrogens with zero attached hydrogens (tertiary/aromatic N) is 2. The van der Waals surface area contributed by atoms with E-state index in [1.807, 2.05) is 6.20 Å². The van der Waals surface area contributed by atoms with E-state index in [4.69, 9.17) is 0 Å². The van der Waals surface area contributed by atoms with Crippen LogP contribution >= 0.6 is 0 Å². The fourth-order valence-corrected chi connectivity index (χ4v) is 3.71. The first kappa shape index (κ1) is 17.0. The number of imidazole rings is 1. The summed E-state index contributed by atoms with van der Waals surface area (Å²) in [7, 11) is 0. The lowest BCUT2D eigenvalue weighted by Gasteiger charge is -2.32. The van der Waals surface area contributed by atoms with E-state index in [0.717, 1.165) is 18.9 Å². The number of H-pyrrole nitrogens is 1. The average molecular weight is 327 g/mol. The minimum Gasteiger partial charge on any atom is -0.313 e. The predicted octanol–water partition coefficient (Wildman–Crippen LogP) is 3.62. The van der Waals surface area contributed by atoms with Crippen molar-refractivity contribution < 1.29 is 0 Å². The molecule has 0 amide bonds. The number of rotatable bonds is 8. The van der Waals surface area contributed by atoms with Crippen LogP contribution < -0.4 is 5.69 Å². The molecule has 0 aliphatic carbocycles. The molecule has 1 aliphatic heterocycles. The molecule has 1 aromatic carbocycles. The lowest BCUT2D eigenvalue weighted by molar-refractivity contribution is 0.208. The monoisotopic (exact) mass is 327 g/mol. The van der Waals surface area contributed by atoms with Gasteiger partial charge in [0, 0.05) is 18.9 Å². The predicted molar refractivity (Wildman–Crippen MR) is 98.4 cm³/mol. The summed E-state index contributed by atoms with van der Waals surface area (Å²) >= 11 is 0. The number of benzene rings is 1. The first-order valence-corrected chi connectivity index (χ1v) is 9.34. The minimum atomic E-state index is 0.0105. The van der Waals surface area contributed by atoms with Gasteiger partial charge >= 0.3 is 5.69 Å². The van der Waals surface area contributed by atoms with E-state index in [1.165, 1.54) is 57.3 Å². The lowest BCUT2D eigenvalue weighted by Crippen LogP contribution is -2.33. The van der Waals surface area contributed by atoms with Gasteiger partial charge in [-0.25, -0.2) is 4.79 Å². The van der Waals surface area contributed by atoms with Gasteiger partial charge < -0.3 is 9.88 Å². The van der Waals surface area contributed by atoms with Crippen molar-refractivity contribution in [1.29, 1.82) is 0 Å². The molecule has 1 aromatic heterocycles. The number of hydrogen-bond donors (Lipinski definition) is 1. The highest BCUT2D eigenvalue weighted by Gasteiger charge is 2.19. The summed E-state index contributed by atoms with van der Waals surface area (Å²) in [6.07, 6.45) is 11.0. The zero-order chi connectivity index (χ0) is 16.6. The molecular weight excluding hydrogens is 298 g/mol. The van der Waals surface area contributed by atoms with Crippen molar-refractivity contribution in [2.24, 2.45) is 0 Å². The van der Waals surface area contributed by atoms with Crippen molar-refractivity contribution in [3.63, 3.8) is 0 Å². The second-order valence-electron chi connectivity index (χ2n) is 6.90. The summed E-state index contributed by atoms with van der Waals surface area (Å²) in [5.41, 5.74) is 1.52. The first-order valence-electron chi connectivity index (χ1n) is 9.34. The number of aromatic nitrogens is 2. The topological polar surface area (TPSA) is 41.0 Å². The van der Waals surface area contributed by atoms with E-state index in [-0.39, 0.29) is 5.69 Å². The van der Waals surface area contributed by atoms with Crippen LogP contribution in [0.25, 0.3) is 0 Å². The fraction of sp³-hybridized carbons (Fsp3) is 0.550. The Bertz CT molecular complexity index is 638. The summed E-state index contributed by atoms with van der Waals surface area (Å²) < 4.78 is 1.76. The first-order chi connectivity index (χ1) is 11.8. The third-order valence-corrected chi connectivity index (χ3v) is 5.20. The Morgan fingerprint density at radius 3 is 2.33 bits per heavy atom. The third kappa shape index (κ3) is 4.84. The Morgan fingerprint density at radius 2 is 1.67 bits per heavy atom. The van der Waals surface area contributed by atoms with Crippen LogP contribution in [0, 0.1) is 0 Å². The molecule has 0 spiro atoms. The van der Waals surface area contributed by atoms with Crippen molar-refractivity contribution in [3.8, 4) is 0 Å². The van der Waals surface area contributed by atoms with Crippen molar-refractivity contribution in [2.75, 3.05) is 19.6 Å². The quantitative estimate of drug-likeness (QED) is 0.752. The number of unbranched alkanes of at least 4 members (excludes halogenated alkanes) is 3. The maximum atomic E-state index is 11.4. The Kier molecular flexibility index (Phi) is 6.30. The second kappa shape index (κ2) is 8.88. The molecular formula is C20H29N3O. The highest BCUT2D eigenvalue weighted by atomic mass is 16.1. The molecule has 130 valence electrons. The van der Waals surface area contributed by atoms with Gasteiger partial charge in [0.25, 0.3) is 0 Å². The Labute approximate surface area is 144 Å². The van der Waals surface area contributed by atoms with E-state index < -0.39 is 0 Å². The SMILES string of the molecule is O=c1[nH]ccn1CCCCCCN1CCC(c2ccccc2)CC1. The Balaban J connectivity index is 1.26. The van der Waals surface area contributed by atoms with E-state index in [2.05, 4.69) is 40.2 Å². The van der Waals surface area contributed by atoms with Gasteiger partial charge in [-0.2, -0.15) is 0 Å². The second-order valence-corrected chi connectivity index (χ2v) is 6.90. The number of likely N-dealkylation sites (tertiary alicyclic amines) is 1. The van der Waals surface area contributed by atoms with Crippen LogP contribution in [0.5, 0.6) is 0 Å². The largest absolute Gasteiger partial charge is 0.325 e. The van der Waals surface area contributed by atoms with Gasteiger partial charge in [-0.05, 0) is 56.8 Å². The van der Waals surface area contributed by atoms with Gasteiger partial charge in [-0.3, -0.25) is 4.57 Å². The maximum absolute atomic E-state index is 11.4. The summed E-state index contributed by atoms with van der Waals surface area (Å²) in [5.74, 6) is 0.752. The molecule has 0 atom stereocenters. The molecule has 1 aliphatic rings. The summed E-state index contributed by atoms with van der Waals surface area (Å²) in [5, 5.41) is 0. The van der Waals surface area contributed by atoms with Crippen LogP contribution in [0.4, 0.5) is 0 Å². The molecule has 4 heteroatoms. The number of hydrogen-bond acceptors (Lipinski definition) is 2. The third-order valence-electron chi connectivity index (χ3n) is 5.20. The summed E-state index contributed by atoms with van der Waals surface area (Å²) in [4.78, 5) is 16.7. The van der Waals surface area contributed by atoms with Crippen molar-refractivity contribution >= 4 is 0 Å². The summed E-state index contributed by atoms with van der Waals surface area (Å²) in [6, 6.07) is 11.0. The van der Waals surface area contributed by atoms with E-state index in [0.29, 0.717) is 0 Å². The van der Waals surface area contributed by atoms with Gasteiger partial charge in [-0.15, -0.1) is 0 Å². The zero-order valence-corrected chi connectivity index (χ0v) is 14.5. The normalized spacial score (nSPS) is 16.5. The van der Waals surface area contributed by atoms with Crippen LogP contribution in [0.3, 0.4) is 0 Å². The van der Waals surface area contributed by atoms with Crippen molar-refractivity contribution in [1.82, 2.24) is 14.5 Å². The Hall–Kier alpha value is -1.81. The molecule has 0 unspecified atom stereocenters. The molecule has 1 N–H and O–H groups in total. The van der Waals surface area contributed by atoms with E-state index >= 15 is 0 Å². The van der Waals surface area contributed by atoms with Gasteiger partial charge in [0.05, 0.1) is 0 Å². The smallest absolute Gasteiger partial charge is 0.313 e. The van der Waals surface area contributed by atoms with Crippen LogP contribution in [0.15, 0.2) is 47.5 Å². The van der Waals surface area contributed by atoms with Crippen LogP contribution in [-0.4, -0.2) is 34.1 Å². The summed E-state index contributed by atoms with van der Waals surface area (Å²) in [6.45, 7) is 4.53. The van der Waals surface area contributed by atoms with Crippen LogP contribution in [0.2, 0.25) is 0 Å². The highest BCUT2D eigenvalue weighted by Crippen LogP contribution is 2.27. The van der Waals surface area contributed by atoms with Gasteiger partial charge in [0.2, 0.25) is 0 Å². The highest BCUT2D eigenvalue weighted by molar-refractivity contribution is 5.19. The average Bonchev–Trinajstić information content (AvgIpc) is 3.04. The van der Waals surface area contributed by atoms with Crippen molar-refractivity contribution in [3.05, 3.63) is 58.8 Å². The number of aryl methyl sites for hydroxylation is 1.